The number of ether oxygens (including phenoxy) is 1. The van der Waals surface area contributed by atoms with E-state index in [1.54, 1.807) is 18.4 Å². The number of halogens is 1. The van der Waals surface area contributed by atoms with Crippen molar-refractivity contribution in [2.24, 2.45) is 0 Å². The average molecular weight is 363 g/mol. The molecule has 0 amide bonds. The van der Waals surface area contributed by atoms with E-state index in [0.717, 1.165) is 35.3 Å². The maximum Gasteiger partial charge on any atom is 0.133 e. The maximum atomic E-state index is 5.26. The van der Waals surface area contributed by atoms with Gasteiger partial charge in [0.05, 0.1) is 10.9 Å². The number of fused-ring (bicyclic) bond motifs is 1. The van der Waals surface area contributed by atoms with Crippen LogP contribution in [0.3, 0.4) is 0 Å². The Labute approximate surface area is 136 Å². The number of nitrogens with zero attached hydrogens (tertiary/aromatic N) is 1. The third-order valence-corrected chi connectivity index (χ3v) is 4.95. The van der Waals surface area contributed by atoms with Crippen LogP contribution in [0.4, 0.5) is 5.82 Å². The predicted octanol–water partition coefficient (Wildman–Crippen LogP) is 4.72. The van der Waals surface area contributed by atoms with Crippen LogP contribution in [0.1, 0.15) is 4.88 Å². The Morgan fingerprint density at radius 1 is 1.24 bits per heavy atom. The number of methoxy groups -OCH3 is 1. The van der Waals surface area contributed by atoms with Gasteiger partial charge in [0, 0.05) is 23.0 Å². The lowest BCUT2D eigenvalue weighted by Gasteiger charge is -2.09. The van der Waals surface area contributed by atoms with Crippen molar-refractivity contribution in [2.75, 3.05) is 19.0 Å². The second kappa shape index (κ2) is 6.45. The van der Waals surface area contributed by atoms with Gasteiger partial charge in [-0.05, 0) is 64.1 Å². The van der Waals surface area contributed by atoms with Crippen LogP contribution in [0.25, 0.3) is 10.8 Å². The second-order valence-electron chi connectivity index (χ2n) is 4.63. The summed E-state index contributed by atoms with van der Waals surface area (Å²) in [5, 5.41) is 5.67. The van der Waals surface area contributed by atoms with Crippen LogP contribution in [0.15, 0.2) is 46.4 Å². The molecule has 5 heteroatoms. The van der Waals surface area contributed by atoms with E-state index >= 15 is 0 Å². The van der Waals surface area contributed by atoms with Gasteiger partial charge >= 0.3 is 0 Å². The number of benzene rings is 1. The normalized spacial score (nSPS) is 10.8. The molecule has 1 aromatic carbocycles. The molecule has 2 aromatic heterocycles. The molecule has 1 N–H and O–H groups in total. The first kappa shape index (κ1) is 14.4. The lowest BCUT2D eigenvalue weighted by molar-refractivity contribution is 0.415. The minimum absolute atomic E-state index is 0.864. The predicted molar refractivity (Wildman–Crippen MR) is 92.5 cm³/mol. The van der Waals surface area contributed by atoms with Gasteiger partial charge in [-0.15, -0.1) is 11.3 Å². The molecule has 21 heavy (non-hydrogen) atoms. The molecule has 0 atom stereocenters. The highest BCUT2D eigenvalue weighted by Crippen LogP contribution is 2.26. The zero-order chi connectivity index (χ0) is 14.7. The molecule has 0 aliphatic carbocycles. The maximum absolute atomic E-state index is 5.26. The van der Waals surface area contributed by atoms with Crippen molar-refractivity contribution >= 4 is 43.9 Å². The molecule has 0 radical (unpaired) electrons. The number of thiophene rings is 1. The summed E-state index contributed by atoms with van der Waals surface area (Å²) in [6, 6.07) is 12.3. The fraction of sp³-hybridized carbons (Fsp3) is 0.188. The molecule has 0 aliphatic rings. The van der Waals surface area contributed by atoms with Gasteiger partial charge in [0.15, 0.2) is 0 Å². The lowest BCUT2D eigenvalue weighted by atomic mass is 10.1. The van der Waals surface area contributed by atoms with E-state index in [-0.39, 0.29) is 0 Å². The van der Waals surface area contributed by atoms with Gasteiger partial charge in [-0.3, -0.25) is 0 Å². The van der Waals surface area contributed by atoms with Crippen molar-refractivity contribution in [3.63, 3.8) is 0 Å². The topological polar surface area (TPSA) is 34.1 Å². The minimum Gasteiger partial charge on any atom is -0.497 e. The molecule has 0 fully saturated rings. The number of hydrogen-bond acceptors (Lipinski definition) is 4. The van der Waals surface area contributed by atoms with Crippen LogP contribution < -0.4 is 10.1 Å². The smallest absolute Gasteiger partial charge is 0.133 e. The van der Waals surface area contributed by atoms with Gasteiger partial charge < -0.3 is 10.1 Å². The monoisotopic (exact) mass is 362 g/mol. The highest BCUT2D eigenvalue weighted by Gasteiger charge is 2.04. The van der Waals surface area contributed by atoms with Crippen LogP contribution in [-0.2, 0) is 6.42 Å². The Morgan fingerprint density at radius 3 is 2.90 bits per heavy atom. The van der Waals surface area contributed by atoms with Gasteiger partial charge in [-0.2, -0.15) is 0 Å². The van der Waals surface area contributed by atoms with E-state index in [1.807, 2.05) is 30.5 Å². The van der Waals surface area contributed by atoms with Gasteiger partial charge in [0.1, 0.15) is 11.6 Å². The Hall–Kier alpha value is -1.59. The van der Waals surface area contributed by atoms with E-state index in [0.29, 0.717) is 0 Å². The Bertz CT molecular complexity index is 757. The number of pyridine rings is 1. The lowest BCUT2D eigenvalue weighted by Crippen LogP contribution is -2.05. The molecule has 2 heterocycles. The standard InChI is InChI=1S/C16H15BrN2OS/c1-20-12-2-4-14-11(10-12)6-8-18-16(14)19-9-7-13-3-5-15(17)21-13/h2-6,8,10H,7,9H2,1H3,(H,18,19). The Balaban J connectivity index is 1.74. The fourth-order valence-corrected chi connectivity index (χ4v) is 3.70. The summed E-state index contributed by atoms with van der Waals surface area (Å²) >= 11 is 5.26. The Morgan fingerprint density at radius 2 is 2.14 bits per heavy atom. The Kier molecular flexibility index (Phi) is 4.41. The van der Waals surface area contributed by atoms with Gasteiger partial charge in [-0.1, -0.05) is 0 Å². The van der Waals surface area contributed by atoms with Crippen LogP contribution in [0.5, 0.6) is 5.75 Å². The van der Waals surface area contributed by atoms with Crippen molar-refractivity contribution in [3.05, 3.63) is 51.3 Å². The van der Waals surface area contributed by atoms with Gasteiger partial charge in [0.25, 0.3) is 0 Å². The molecule has 0 bridgehead atoms. The molecule has 108 valence electrons. The largest absolute Gasteiger partial charge is 0.497 e. The van der Waals surface area contributed by atoms with Crippen LogP contribution in [0, 0.1) is 0 Å². The summed E-state index contributed by atoms with van der Waals surface area (Å²) in [7, 11) is 1.68. The van der Waals surface area contributed by atoms with Gasteiger partial charge in [-0.25, -0.2) is 4.98 Å². The van der Waals surface area contributed by atoms with Crippen LogP contribution in [-0.4, -0.2) is 18.6 Å². The number of rotatable bonds is 5. The second-order valence-corrected chi connectivity index (χ2v) is 7.18. The molecule has 3 nitrogen and oxygen atoms in total. The SMILES string of the molecule is COc1ccc2c(NCCc3ccc(Br)s3)nccc2c1. The molecule has 0 spiro atoms. The number of hydrogen-bond donors (Lipinski definition) is 1. The molecule has 0 unspecified atom stereocenters. The van der Waals surface area contributed by atoms with Crippen LogP contribution >= 0.6 is 27.3 Å². The van der Waals surface area contributed by atoms with E-state index in [4.69, 9.17) is 4.74 Å². The molecule has 3 aromatic rings. The van der Waals surface area contributed by atoms with Crippen molar-refractivity contribution in [2.45, 2.75) is 6.42 Å². The third kappa shape index (κ3) is 3.36. The van der Waals surface area contributed by atoms with Crippen molar-refractivity contribution in [1.82, 2.24) is 4.98 Å². The van der Waals surface area contributed by atoms with E-state index in [1.165, 1.54) is 8.66 Å². The van der Waals surface area contributed by atoms with E-state index in [2.05, 4.69) is 38.4 Å². The summed E-state index contributed by atoms with van der Waals surface area (Å²) < 4.78 is 6.43. The summed E-state index contributed by atoms with van der Waals surface area (Å²) in [5.41, 5.74) is 0. The number of aromatic nitrogens is 1. The molecule has 0 aliphatic heterocycles. The summed E-state index contributed by atoms with van der Waals surface area (Å²) in [6.45, 7) is 0.866. The summed E-state index contributed by atoms with van der Waals surface area (Å²) in [5.74, 6) is 1.79. The van der Waals surface area contributed by atoms with Crippen LogP contribution in [0.2, 0.25) is 0 Å². The molecular weight excluding hydrogens is 348 g/mol. The summed E-state index contributed by atoms with van der Waals surface area (Å²) in [6.07, 6.45) is 2.82. The van der Waals surface area contributed by atoms with Crippen molar-refractivity contribution < 1.29 is 4.74 Å². The molecular formula is C16H15BrN2OS. The number of anilines is 1. The molecule has 0 saturated carbocycles. The van der Waals surface area contributed by atoms with Crippen molar-refractivity contribution in [3.8, 4) is 5.75 Å². The highest BCUT2D eigenvalue weighted by molar-refractivity contribution is 9.11. The molecule has 3 rings (SSSR count). The van der Waals surface area contributed by atoms with E-state index < -0.39 is 0 Å². The average Bonchev–Trinajstić information content (AvgIpc) is 2.92. The van der Waals surface area contributed by atoms with Gasteiger partial charge in [0.2, 0.25) is 0 Å². The number of nitrogens with one attached hydrogen (secondary N) is 1. The fourth-order valence-electron chi connectivity index (χ4n) is 2.21. The first-order valence-electron chi connectivity index (χ1n) is 6.67. The quantitative estimate of drug-likeness (QED) is 0.712. The van der Waals surface area contributed by atoms with Crippen molar-refractivity contribution in [1.29, 1.82) is 0 Å². The first-order chi connectivity index (χ1) is 10.3. The highest BCUT2D eigenvalue weighted by atomic mass is 79.9. The zero-order valence-electron chi connectivity index (χ0n) is 11.6. The third-order valence-electron chi connectivity index (χ3n) is 3.26. The molecule has 0 saturated heterocycles. The minimum atomic E-state index is 0.864. The zero-order valence-corrected chi connectivity index (χ0v) is 14.0. The summed E-state index contributed by atoms with van der Waals surface area (Å²) in [4.78, 5) is 5.80. The first-order valence-corrected chi connectivity index (χ1v) is 8.28. The van der Waals surface area contributed by atoms with E-state index in [9.17, 15) is 0 Å².